The smallest absolute Gasteiger partial charge is 0.256 e. The molecular formula is C25H23ClN2O. The number of nitrogens with one attached hydrogen (secondary N) is 1. The van der Waals surface area contributed by atoms with Gasteiger partial charge in [0.15, 0.2) is 0 Å². The van der Waals surface area contributed by atoms with Gasteiger partial charge in [0.05, 0.1) is 0 Å². The highest BCUT2D eigenvalue weighted by Crippen LogP contribution is 2.26. The van der Waals surface area contributed by atoms with E-state index in [0.717, 1.165) is 29.9 Å². The average molecular weight is 403 g/mol. The minimum atomic E-state index is -0.162. The predicted octanol–water partition coefficient (Wildman–Crippen LogP) is 6.12. The number of hydrogen-bond donors (Lipinski definition) is 1. The quantitative estimate of drug-likeness (QED) is 0.412. The minimum absolute atomic E-state index is 0.162. The lowest BCUT2D eigenvalue weighted by Crippen LogP contribution is -2.17. The number of carbonyl (C=O) groups is 1. The van der Waals surface area contributed by atoms with E-state index in [2.05, 4.69) is 22.3 Å². The van der Waals surface area contributed by atoms with E-state index in [1.807, 2.05) is 72.8 Å². The van der Waals surface area contributed by atoms with Crippen LogP contribution in [0, 0.1) is 0 Å². The summed E-state index contributed by atoms with van der Waals surface area (Å²) in [7, 11) is 0. The molecule has 4 heteroatoms. The Kier molecular flexibility index (Phi) is 5.97. The summed E-state index contributed by atoms with van der Waals surface area (Å²) in [6.45, 7) is 2.20. The molecule has 1 N–H and O–H groups in total. The van der Waals surface area contributed by atoms with Crippen molar-refractivity contribution < 1.29 is 4.79 Å². The Bertz CT molecular complexity index is 1010. The molecule has 0 aromatic heterocycles. The zero-order valence-corrected chi connectivity index (χ0v) is 16.9. The molecule has 0 unspecified atom stereocenters. The Hall–Kier alpha value is -3.04. The van der Waals surface area contributed by atoms with Crippen LogP contribution in [0.2, 0.25) is 5.02 Å². The zero-order chi connectivity index (χ0) is 20.1. The Morgan fingerprint density at radius 3 is 2.21 bits per heavy atom. The fourth-order valence-corrected chi connectivity index (χ4v) is 3.76. The van der Waals surface area contributed by atoms with Gasteiger partial charge in [0.2, 0.25) is 0 Å². The van der Waals surface area contributed by atoms with Crippen LogP contribution in [-0.4, -0.2) is 19.0 Å². The second kappa shape index (κ2) is 8.97. The molecule has 0 atom stereocenters. The fraction of sp³-hybridized carbons (Fsp3) is 0.160. The van der Waals surface area contributed by atoms with E-state index in [1.165, 1.54) is 18.5 Å². The van der Waals surface area contributed by atoms with Gasteiger partial charge in [-0.2, -0.15) is 0 Å². The van der Waals surface area contributed by atoms with Crippen LogP contribution in [0.5, 0.6) is 0 Å². The van der Waals surface area contributed by atoms with Gasteiger partial charge in [-0.15, -0.1) is 0 Å². The van der Waals surface area contributed by atoms with Crippen molar-refractivity contribution in [3.63, 3.8) is 0 Å². The van der Waals surface area contributed by atoms with Crippen LogP contribution in [0.3, 0.4) is 0 Å². The Balaban J connectivity index is 1.59. The fourth-order valence-electron chi connectivity index (χ4n) is 3.57. The number of carbonyl (C=O) groups excluding carboxylic acids is 1. The highest BCUT2D eigenvalue weighted by molar-refractivity contribution is 6.34. The lowest BCUT2D eigenvalue weighted by Gasteiger charge is -2.18. The molecule has 29 heavy (non-hydrogen) atoms. The minimum Gasteiger partial charge on any atom is -0.372 e. The van der Waals surface area contributed by atoms with Gasteiger partial charge in [-0.05, 0) is 60.4 Å². The molecule has 1 saturated heterocycles. The van der Waals surface area contributed by atoms with Crippen LogP contribution in [-0.2, 0) is 4.79 Å². The van der Waals surface area contributed by atoms with Crippen molar-refractivity contribution in [2.45, 2.75) is 12.8 Å². The Morgan fingerprint density at radius 2 is 1.52 bits per heavy atom. The predicted molar refractivity (Wildman–Crippen MR) is 122 cm³/mol. The summed E-state index contributed by atoms with van der Waals surface area (Å²) in [6, 6.07) is 25.2. The van der Waals surface area contributed by atoms with Crippen molar-refractivity contribution in [1.29, 1.82) is 0 Å². The Labute approximate surface area is 176 Å². The molecule has 0 radical (unpaired) electrons. The number of nitrogens with zero attached hydrogens (tertiary/aromatic N) is 1. The van der Waals surface area contributed by atoms with E-state index in [1.54, 1.807) is 0 Å². The maximum Gasteiger partial charge on any atom is 0.256 e. The SMILES string of the molecule is O=C(Nc1ccc(N2CCCC2)cc1)/C(=C/c1ccccc1Cl)c1ccccc1. The molecule has 1 aliphatic rings. The van der Waals surface area contributed by atoms with Crippen molar-refractivity contribution in [3.8, 4) is 0 Å². The first-order valence-corrected chi connectivity index (χ1v) is 10.3. The van der Waals surface area contributed by atoms with Gasteiger partial charge < -0.3 is 10.2 Å². The van der Waals surface area contributed by atoms with Crippen LogP contribution in [0.25, 0.3) is 11.6 Å². The molecule has 0 spiro atoms. The van der Waals surface area contributed by atoms with E-state index in [-0.39, 0.29) is 5.91 Å². The monoisotopic (exact) mass is 402 g/mol. The molecular weight excluding hydrogens is 380 g/mol. The van der Waals surface area contributed by atoms with E-state index in [4.69, 9.17) is 11.6 Å². The van der Waals surface area contributed by atoms with Crippen LogP contribution in [0.15, 0.2) is 78.9 Å². The van der Waals surface area contributed by atoms with Crippen molar-refractivity contribution in [2.24, 2.45) is 0 Å². The van der Waals surface area contributed by atoms with Gasteiger partial charge in [-0.25, -0.2) is 0 Å². The first kappa shape index (κ1) is 19.3. The molecule has 3 aromatic carbocycles. The normalized spacial score (nSPS) is 14.1. The first-order chi connectivity index (χ1) is 14.2. The van der Waals surface area contributed by atoms with Gasteiger partial charge in [0.25, 0.3) is 5.91 Å². The zero-order valence-electron chi connectivity index (χ0n) is 16.1. The van der Waals surface area contributed by atoms with E-state index < -0.39 is 0 Å². The van der Waals surface area contributed by atoms with E-state index in [9.17, 15) is 4.79 Å². The summed E-state index contributed by atoms with van der Waals surface area (Å²) in [5.74, 6) is -0.162. The van der Waals surface area contributed by atoms with Crippen molar-refractivity contribution in [1.82, 2.24) is 0 Å². The van der Waals surface area contributed by atoms with Crippen LogP contribution >= 0.6 is 11.6 Å². The molecule has 1 heterocycles. The standard InChI is InChI=1S/C25H23ClN2O/c26-24-11-5-4-10-20(24)18-23(19-8-2-1-3-9-19)25(29)27-21-12-14-22(15-13-21)28-16-6-7-17-28/h1-5,8-15,18H,6-7,16-17H2,(H,27,29)/b23-18+. The summed E-state index contributed by atoms with van der Waals surface area (Å²) < 4.78 is 0. The number of halogens is 1. The largest absolute Gasteiger partial charge is 0.372 e. The lowest BCUT2D eigenvalue weighted by molar-refractivity contribution is -0.111. The molecule has 3 nitrogen and oxygen atoms in total. The number of benzene rings is 3. The molecule has 0 aliphatic carbocycles. The maximum atomic E-state index is 13.1. The highest BCUT2D eigenvalue weighted by atomic mass is 35.5. The molecule has 146 valence electrons. The van der Waals surface area contributed by atoms with Gasteiger partial charge >= 0.3 is 0 Å². The molecule has 0 saturated carbocycles. The summed E-state index contributed by atoms with van der Waals surface area (Å²) in [6.07, 6.45) is 4.32. The first-order valence-electron chi connectivity index (χ1n) is 9.89. The molecule has 4 rings (SSSR count). The van der Waals surface area contributed by atoms with Crippen molar-refractivity contribution in [2.75, 3.05) is 23.3 Å². The lowest BCUT2D eigenvalue weighted by atomic mass is 10.0. The topological polar surface area (TPSA) is 32.3 Å². The highest BCUT2D eigenvalue weighted by Gasteiger charge is 2.15. The molecule has 0 bridgehead atoms. The molecule has 3 aromatic rings. The number of amides is 1. The molecule has 1 amide bonds. The van der Waals surface area contributed by atoms with Gasteiger partial charge in [-0.3, -0.25) is 4.79 Å². The van der Waals surface area contributed by atoms with E-state index in [0.29, 0.717) is 10.6 Å². The number of rotatable bonds is 5. The third-order valence-corrected chi connectivity index (χ3v) is 5.48. The number of hydrogen-bond acceptors (Lipinski definition) is 2. The van der Waals surface area contributed by atoms with Gasteiger partial charge in [-0.1, -0.05) is 60.1 Å². The number of anilines is 2. The summed E-state index contributed by atoms with van der Waals surface area (Å²) in [5.41, 5.74) is 4.21. The van der Waals surface area contributed by atoms with Crippen molar-refractivity contribution in [3.05, 3.63) is 95.0 Å². The van der Waals surface area contributed by atoms with Gasteiger partial charge in [0, 0.05) is 35.1 Å². The second-order valence-corrected chi connectivity index (χ2v) is 7.55. The summed E-state index contributed by atoms with van der Waals surface area (Å²) in [5, 5.41) is 3.64. The van der Waals surface area contributed by atoms with Crippen LogP contribution < -0.4 is 10.2 Å². The van der Waals surface area contributed by atoms with E-state index >= 15 is 0 Å². The average Bonchev–Trinajstić information content (AvgIpc) is 3.29. The third-order valence-electron chi connectivity index (χ3n) is 5.13. The van der Waals surface area contributed by atoms with Crippen molar-refractivity contribution >= 4 is 40.5 Å². The van der Waals surface area contributed by atoms with Gasteiger partial charge in [0.1, 0.15) is 0 Å². The Morgan fingerprint density at radius 1 is 0.862 bits per heavy atom. The molecule has 1 aliphatic heterocycles. The van der Waals surface area contributed by atoms with Crippen LogP contribution in [0.1, 0.15) is 24.0 Å². The van der Waals surface area contributed by atoms with Crippen LogP contribution in [0.4, 0.5) is 11.4 Å². The third kappa shape index (κ3) is 4.69. The summed E-state index contributed by atoms with van der Waals surface area (Å²) >= 11 is 6.32. The molecule has 1 fully saturated rings. The summed E-state index contributed by atoms with van der Waals surface area (Å²) in [4.78, 5) is 15.5. The maximum absolute atomic E-state index is 13.1. The second-order valence-electron chi connectivity index (χ2n) is 7.14.